The Labute approximate surface area is 288 Å². The molecule has 0 radical (unpaired) electrons. The Morgan fingerprint density at radius 1 is 0.809 bits per heavy atom. The van der Waals surface area contributed by atoms with Gasteiger partial charge in [-0.1, -0.05) is 153 Å². The van der Waals surface area contributed by atoms with E-state index in [1.807, 2.05) is 26.0 Å². The van der Waals surface area contributed by atoms with Crippen molar-refractivity contribution in [1.29, 1.82) is 0 Å². The molecule has 0 saturated carbocycles. The summed E-state index contributed by atoms with van der Waals surface area (Å²) in [6.07, 6.45) is 38.9. The molecule has 0 spiro atoms. The fraction of sp³-hybridized carbons (Fsp3) is 0.756. The van der Waals surface area contributed by atoms with Gasteiger partial charge in [-0.05, 0) is 51.7 Å². The Hall–Kier alpha value is -2.39. The number of esters is 1. The van der Waals surface area contributed by atoms with Crippen molar-refractivity contribution < 1.29 is 23.8 Å². The first-order valence-corrected chi connectivity index (χ1v) is 19.1. The average molecular weight is 660 g/mol. The number of allylic oxidation sites excluding steroid dienone is 4. The molecule has 0 rings (SSSR count). The third kappa shape index (κ3) is 27.3. The second kappa shape index (κ2) is 33.5. The van der Waals surface area contributed by atoms with Crippen LogP contribution in [-0.4, -0.2) is 42.4 Å². The van der Waals surface area contributed by atoms with E-state index < -0.39 is 18.1 Å². The number of alkyl halides is 1. The third-order valence-corrected chi connectivity index (χ3v) is 8.72. The first-order valence-electron chi connectivity index (χ1n) is 19.1. The molecule has 270 valence electrons. The zero-order chi connectivity index (χ0) is 34.8. The monoisotopic (exact) mass is 660 g/mol. The van der Waals surface area contributed by atoms with Crippen LogP contribution in [-0.2, 0) is 14.3 Å². The molecule has 0 saturated heterocycles. The van der Waals surface area contributed by atoms with Crippen molar-refractivity contribution >= 4 is 11.9 Å². The highest BCUT2D eigenvalue weighted by molar-refractivity contribution is 5.94. The lowest BCUT2D eigenvalue weighted by atomic mass is 10.0. The van der Waals surface area contributed by atoms with E-state index in [-0.39, 0.29) is 24.8 Å². The Bertz CT molecular complexity index is 904. The number of hydrogen-bond acceptors (Lipinski definition) is 4. The number of terminal acetylenes is 1. The summed E-state index contributed by atoms with van der Waals surface area (Å²) >= 11 is 0. The molecule has 2 N–H and O–H groups in total. The van der Waals surface area contributed by atoms with Gasteiger partial charge in [0, 0.05) is 6.42 Å². The molecule has 5 nitrogen and oxygen atoms in total. The zero-order valence-corrected chi connectivity index (χ0v) is 30.5. The second-order valence-corrected chi connectivity index (χ2v) is 13.0. The summed E-state index contributed by atoms with van der Waals surface area (Å²) in [7, 11) is 0. The van der Waals surface area contributed by atoms with Gasteiger partial charge in [-0.3, -0.25) is 9.18 Å². The molecule has 47 heavy (non-hydrogen) atoms. The molecular weight excluding hydrogens is 589 g/mol. The van der Waals surface area contributed by atoms with Gasteiger partial charge in [0.05, 0.1) is 19.3 Å². The van der Waals surface area contributed by atoms with Crippen LogP contribution in [0.25, 0.3) is 0 Å². The lowest BCUT2D eigenvalue weighted by molar-refractivity contribution is -0.144. The average Bonchev–Trinajstić information content (AvgIpc) is 3.07. The van der Waals surface area contributed by atoms with Gasteiger partial charge < -0.3 is 15.2 Å². The van der Waals surface area contributed by atoms with Crippen LogP contribution in [0.3, 0.4) is 0 Å². The molecular formula is C41H70FNO4. The molecule has 2 atom stereocenters. The number of unbranched alkanes of at least 4 members (excludes halogenated alkanes) is 21. The Balaban J connectivity index is 4.74. The van der Waals surface area contributed by atoms with Crippen LogP contribution in [0.4, 0.5) is 4.39 Å². The number of carbonyl (C=O) groups is 2. The van der Waals surface area contributed by atoms with Crippen molar-refractivity contribution in [1.82, 2.24) is 5.32 Å². The van der Waals surface area contributed by atoms with Gasteiger partial charge in [-0.2, -0.15) is 0 Å². The molecule has 0 bridgehead atoms. The van der Waals surface area contributed by atoms with Gasteiger partial charge in [0.1, 0.15) is 11.7 Å². The zero-order valence-electron chi connectivity index (χ0n) is 30.5. The first kappa shape index (κ1) is 44.6. The van der Waals surface area contributed by atoms with Crippen LogP contribution in [0.1, 0.15) is 175 Å². The molecule has 0 aromatic heterocycles. The molecule has 6 heteroatoms. The summed E-state index contributed by atoms with van der Waals surface area (Å²) < 4.78 is 17.9. The minimum Gasteiger partial charge on any atom is -0.452 e. The van der Waals surface area contributed by atoms with Crippen molar-refractivity contribution in [2.75, 3.05) is 13.3 Å². The Kier molecular flexibility index (Phi) is 31.8. The van der Waals surface area contributed by atoms with Crippen LogP contribution in [0.15, 0.2) is 35.5 Å². The van der Waals surface area contributed by atoms with Crippen molar-refractivity contribution in [3.8, 4) is 12.3 Å². The second-order valence-electron chi connectivity index (χ2n) is 13.0. The van der Waals surface area contributed by atoms with Crippen molar-refractivity contribution in [3.05, 3.63) is 35.5 Å². The number of nitrogens with one attached hydrogen (secondary N) is 1. The normalized spacial score (nSPS) is 13.4. The van der Waals surface area contributed by atoms with E-state index in [0.717, 1.165) is 56.9 Å². The number of aliphatic hydroxyl groups is 1. The Morgan fingerprint density at radius 2 is 1.30 bits per heavy atom. The number of hydrogen-bond donors (Lipinski definition) is 2. The predicted molar refractivity (Wildman–Crippen MR) is 197 cm³/mol. The van der Waals surface area contributed by atoms with Crippen molar-refractivity contribution in [2.45, 2.75) is 187 Å². The lowest BCUT2D eigenvalue weighted by Gasteiger charge is -2.24. The molecule has 0 fully saturated rings. The number of carbonyl (C=O) groups excluding carboxylic acids is 2. The maximum atomic E-state index is 13.0. The Morgan fingerprint density at radius 3 is 1.77 bits per heavy atom. The molecule has 0 heterocycles. The molecule has 1 amide bonds. The summed E-state index contributed by atoms with van der Waals surface area (Å²) in [4.78, 5) is 25.8. The summed E-state index contributed by atoms with van der Waals surface area (Å²) in [5, 5.41) is 13.1. The smallest absolute Gasteiger partial charge is 0.347 e. The third-order valence-electron chi connectivity index (χ3n) is 8.72. The van der Waals surface area contributed by atoms with Crippen molar-refractivity contribution in [2.24, 2.45) is 0 Å². The number of halogens is 1. The summed E-state index contributed by atoms with van der Waals surface area (Å²) in [5.41, 5.74) is 0.946. The van der Waals surface area contributed by atoms with Gasteiger partial charge in [-0.25, -0.2) is 4.79 Å². The van der Waals surface area contributed by atoms with E-state index in [1.165, 1.54) is 89.9 Å². The van der Waals surface area contributed by atoms with Crippen molar-refractivity contribution in [3.63, 3.8) is 0 Å². The largest absolute Gasteiger partial charge is 0.452 e. The first-order chi connectivity index (χ1) is 22.9. The van der Waals surface area contributed by atoms with E-state index >= 15 is 0 Å². The van der Waals surface area contributed by atoms with Crippen LogP contribution in [0.2, 0.25) is 0 Å². The lowest BCUT2D eigenvalue weighted by Crippen LogP contribution is -2.47. The summed E-state index contributed by atoms with van der Waals surface area (Å²) in [6.45, 7) is 5.41. The van der Waals surface area contributed by atoms with E-state index in [9.17, 15) is 19.1 Å². The van der Waals surface area contributed by atoms with Gasteiger partial charge in [0.25, 0.3) is 0 Å². The fourth-order valence-electron chi connectivity index (χ4n) is 5.55. The van der Waals surface area contributed by atoms with Gasteiger partial charge in [0.15, 0.2) is 0 Å². The SMILES string of the molecule is C#C/C(=C\C(C)=C/C)C(=O)O[C@H](/C=C/CCCCCCCCCCCC)[C@H](CO)NC(=O)CCCCCCCCCCCCCCF. The fourth-order valence-corrected chi connectivity index (χ4v) is 5.55. The minimum absolute atomic E-state index is 0.102. The van der Waals surface area contributed by atoms with E-state index in [2.05, 4.69) is 18.2 Å². The van der Waals surface area contributed by atoms with E-state index in [4.69, 9.17) is 11.2 Å². The number of amides is 1. The molecule has 0 aliphatic heterocycles. The van der Waals surface area contributed by atoms with Gasteiger partial charge >= 0.3 is 5.97 Å². The maximum absolute atomic E-state index is 13.0. The molecule has 0 aromatic carbocycles. The summed E-state index contributed by atoms with van der Waals surface area (Å²) in [6, 6.07) is -0.755. The highest BCUT2D eigenvalue weighted by atomic mass is 19.1. The minimum atomic E-state index is -0.828. The summed E-state index contributed by atoms with van der Waals surface area (Å²) in [5.74, 6) is 1.61. The number of ether oxygens (including phenoxy) is 1. The van der Waals surface area contributed by atoms with Crippen LogP contribution < -0.4 is 5.32 Å². The molecule has 0 unspecified atom stereocenters. The highest BCUT2D eigenvalue weighted by Gasteiger charge is 2.25. The van der Waals surface area contributed by atoms with Crippen LogP contribution >= 0.6 is 0 Å². The van der Waals surface area contributed by atoms with Crippen LogP contribution in [0, 0.1) is 12.3 Å². The molecule has 0 aromatic rings. The van der Waals surface area contributed by atoms with Gasteiger partial charge in [-0.15, -0.1) is 6.42 Å². The highest BCUT2D eigenvalue weighted by Crippen LogP contribution is 2.15. The standard InChI is InChI=1S/C41H70FNO4/c1-5-8-9-10-11-12-13-16-19-22-25-28-31-39(47-41(46)37(7-3)34-36(4)6-2)38(35-44)43-40(45)32-29-26-23-20-17-14-15-18-21-24-27-30-33-42/h3,6,28,31,34,38-39,44H,5,8-27,29-30,32-33,35H2,1-2,4H3,(H,43,45)/b31-28+,36-6-,37-34+/t38-,39+/m0/s1. The number of aliphatic hydroxyl groups excluding tert-OH is 1. The topological polar surface area (TPSA) is 75.6 Å². The molecule has 0 aliphatic carbocycles. The van der Waals surface area contributed by atoms with Gasteiger partial charge in [0.2, 0.25) is 5.91 Å². The number of rotatable bonds is 32. The van der Waals surface area contributed by atoms with E-state index in [1.54, 1.807) is 12.2 Å². The predicted octanol–water partition coefficient (Wildman–Crippen LogP) is 10.8. The quantitative estimate of drug-likeness (QED) is 0.0188. The molecule has 0 aliphatic rings. The maximum Gasteiger partial charge on any atom is 0.347 e. The van der Waals surface area contributed by atoms with E-state index in [0.29, 0.717) is 12.8 Å². The van der Waals surface area contributed by atoms with Crippen LogP contribution in [0.5, 0.6) is 0 Å².